The van der Waals surface area contributed by atoms with E-state index in [1.807, 2.05) is 0 Å². The highest BCUT2D eigenvalue weighted by Gasteiger charge is 2.33. The number of Topliss-reactive ketones (excluding diaryl/α,β-unsaturated/α-hetero) is 1. The third kappa shape index (κ3) is 3.72. The number of carbonyl (C=O) groups is 1. The van der Waals surface area contributed by atoms with Crippen LogP contribution in [0.3, 0.4) is 0 Å². The molecule has 0 aliphatic heterocycles. The minimum absolute atomic E-state index is 0.0208. The molecule has 0 bridgehead atoms. The van der Waals surface area contributed by atoms with Crippen molar-refractivity contribution in [2.45, 2.75) is 38.9 Å². The Morgan fingerprint density at radius 2 is 2.00 bits per heavy atom. The van der Waals surface area contributed by atoms with Gasteiger partial charge in [0.25, 0.3) is 5.56 Å². The van der Waals surface area contributed by atoms with Gasteiger partial charge in [-0.1, -0.05) is 13.0 Å². The molecule has 6 heteroatoms. The van der Waals surface area contributed by atoms with Crippen LogP contribution in [0.4, 0.5) is 13.2 Å². The fraction of sp³-hybridized carbons (Fsp3) is 0.500. The van der Waals surface area contributed by atoms with Gasteiger partial charge < -0.3 is 4.57 Å². The van der Waals surface area contributed by atoms with Crippen molar-refractivity contribution in [2.75, 3.05) is 0 Å². The molecule has 0 aliphatic rings. The first kappa shape index (κ1) is 14.5. The number of pyridine rings is 1. The summed E-state index contributed by atoms with van der Waals surface area (Å²) in [5.41, 5.74) is -1.67. The van der Waals surface area contributed by atoms with Crippen LogP contribution in [0.5, 0.6) is 0 Å². The Morgan fingerprint density at radius 3 is 2.56 bits per heavy atom. The molecule has 0 saturated heterocycles. The summed E-state index contributed by atoms with van der Waals surface area (Å²) in [6.07, 6.45) is -3.78. The maximum atomic E-state index is 12.7. The Labute approximate surface area is 102 Å². The molecule has 0 N–H and O–H groups in total. The zero-order valence-corrected chi connectivity index (χ0v) is 9.96. The number of alkyl halides is 3. The molecule has 3 nitrogen and oxygen atoms in total. The van der Waals surface area contributed by atoms with Gasteiger partial charge in [0.15, 0.2) is 0 Å². The number of halogens is 3. The van der Waals surface area contributed by atoms with Crippen molar-refractivity contribution in [3.05, 3.63) is 34.2 Å². The molecule has 0 amide bonds. The minimum Gasteiger partial charge on any atom is -0.304 e. The highest BCUT2D eigenvalue weighted by molar-refractivity contribution is 5.77. The minimum atomic E-state index is -4.56. The first-order valence-corrected chi connectivity index (χ1v) is 5.65. The quantitative estimate of drug-likeness (QED) is 0.817. The summed E-state index contributed by atoms with van der Waals surface area (Å²) in [7, 11) is 0. The van der Waals surface area contributed by atoms with Gasteiger partial charge in [-0.05, 0) is 12.5 Å². The number of nitrogens with zero attached hydrogens (tertiary/aromatic N) is 1. The molecule has 0 radical (unpaired) electrons. The molecule has 0 fully saturated rings. The summed E-state index contributed by atoms with van der Waals surface area (Å²) in [6, 6.07) is 3.03. The van der Waals surface area contributed by atoms with Gasteiger partial charge in [-0.25, -0.2) is 0 Å². The molecule has 1 heterocycles. The first-order valence-electron chi connectivity index (χ1n) is 5.65. The fourth-order valence-electron chi connectivity index (χ4n) is 1.61. The molecule has 0 aliphatic carbocycles. The molecule has 1 aromatic heterocycles. The van der Waals surface area contributed by atoms with Crippen LogP contribution in [-0.2, 0) is 17.5 Å². The summed E-state index contributed by atoms with van der Waals surface area (Å²) in [6.45, 7) is 1.60. The van der Waals surface area contributed by atoms with Crippen LogP contribution < -0.4 is 5.56 Å². The van der Waals surface area contributed by atoms with Crippen molar-refractivity contribution in [3.63, 3.8) is 0 Å². The molecule has 100 valence electrons. The van der Waals surface area contributed by atoms with Gasteiger partial charge in [-0.15, -0.1) is 0 Å². The predicted molar refractivity (Wildman–Crippen MR) is 60.2 cm³/mol. The van der Waals surface area contributed by atoms with Gasteiger partial charge in [0.1, 0.15) is 11.5 Å². The van der Waals surface area contributed by atoms with Crippen molar-refractivity contribution in [1.29, 1.82) is 0 Å². The average Bonchev–Trinajstić information content (AvgIpc) is 2.29. The fourth-order valence-corrected chi connectivity index (χ4v) is 1.61. The molecule has 18 heavy (non-hydrogen) atoms. The van der Waals surface area contributed by atoms with E-state index in [0.717, 1.165) is 18.2 Å². The molecule has 1 aromatic rings. The molecule has 0 aromatic carbocycles. The van der Waals surface area contributed by atoms with Crippen molar-refractivity contribution in [2.24, 2.45) is 0 Å². The third-order valence-corrected chi connectivity index (χ3v) is 2.57. The van der Waals surface area contributed by atoms with E-state index in [9.17, 15) is 22.8 Å². The number of ketones is 1. The Hall–Kier alpha value is -1.59. The van der Waals surface area contributed by atoms with Crippen molar-refractivity contribution >= 4 is 5.78 Å². The summed E-state index contributed by atoms with van der Waals surface area (Å²) in [4.78, 5) is 22.5. The largest absolute Gasteiger partial charge is 0.431 e. The molecular weight excluding hydrogens is 247 g/mol. The van der Waals surface area contributed by atoms with Gasteiger partial charge in [0.05, 0.1) is 0 Å². The van der Waals surface area contributed by atoms with E-state index >= 15 is 0 Å². The van der Waals surface area contributed by atoms with Gasteiger partial charge >= 0.3 is 6.18 Å². The second-order valence-electron chi connectivity index (χ2n) is 3.89. The number of hydrogen-bond acceptors (Lipinski definition) is 2. The molecule has 0 unspecified atom stereocenters. The lowest BCUT2D eigenvalue weighted by molar-refractivity contribution is -0.144. The smallest absolute Gasteiger partial charge is 0.304 e. The lowest BCUT2D eigenvalue weighted by Gasteiger charge is -2.14. The third-order valence-electron chi connectivity index (χ3n) is 2.57. The lowest BCUT2D eigenvalue weighted by Crippen LogP contribution is -2.27. The normalized spacial score (nSPS) is 11.6. The zero-order chi connectivity index (χ0) is 13.8. The van der Waals surface area contributed by atoms with Crippen molar-refractivity contribution in [1.82, 2.24) is 4.57 Å². The van der Waals surface area contributed by atoms with Crippen LogP contribution in [-0.4, -0.2) is 10.4 Å². The zero-order valence-electron chi connectivity index (χ0n) is 9.96. The Morgan fingerprint density at radius 1 is 1.33 bits per heavy atom. The van der Waals surface area contributed by atoms with Crippen LogP contribution in [0.2, 0.25) is 0 Å². The first-order chi connectivity index (χ1) is 8.36. The molecule has 0 saturated carbocycles. The lowest BCUT2D eigenvalue weighted by atomic mass is 10.2. The van der Waals surface area contributed by atoms with Crippen molar-refractivity contribution < 1.29 is 18.0 Å². The van der Waals surface area contributed by atoms with E-state index in [0.29, 0.717) is 11.0 Å². The Bertz CT molecular complexity index is 477. The van der Waals surface area contributed by atoms with E-state index in [1.54, 1.807) is 6.92 Å². The van der Waals surface area contributed by atoms with Gasteiger partial charge in [0.2, 0.25) is 0 Å². The second kappa shape index (κ2) is 5.84. The molecular formula is C12H14F3NO2. The maximum absolute atomic E-state index is 12.7. The molecule has 0 atom stereocenters. The topological polar surface area (TPSA) is 39.1 Å². The van der Waals surface area contributed by atoms with Crippen LogP contribution in [0, 0.1) is 0 Å². The number of hydrogen-bond donors (Lipinski definition) is 0. The predicted octanol–water partition coefficient (Wildman–Crippen LogP) is 2.63. The number of carbonyl (C=O) groups excluding carboxylic acids is 1. The molecule has 1 rings (SSSR count). The highest BCUT2D eigenvalue weighted by atomic mass is 19.4. The van der Waals surface area contributed by atoms with E-state index < -0.39 is 17.4 Å². The monoisotopic (exact) mass is 261 g/mol. The average molecular weight is 261 g/mol. The Kier molecular flexibility index (Phi) is 4.69. The summed E-state index contributed by atoms with van der Waals surface area (Å²) in [5.74, 6) is -0.0208. The second-order valence-corrected chi connectivity index (χ2v) is 3.89. The van der Waals surface area contributed by atoms with E-state index in [1.165, 1.54) is 0 Å². The van der Waals surface area contributed by atoms with Gasteiger partial charge in [-0.2, -0.15) is 13.2 Å². The van der Waals surface area contributed by atoms with Crippen LogP contribution in [0.25, 0.3) is 0 Å². The van der Waals surface area contributed by atoms with E-state index in [4.69, 9.17) is 0 Å². The van der Waals surface area contributed by atoms with Gasteiger partial charge in [0, 0.05) is 25.5 Å². The highest BCUT2D eigenvalue weighted by Crippen LogP contribution is 2.28. The SMILES string of the molecule is CCC(=O)CCCn1c(C(F)(F)F)cccc1=O. The van der Waals surface area contributed by atoms with E-state index in [-0.39, 0.29) is 25.2 Å². The van der Waals surface area contributed by atoms with Crippen molar-refractivity contribution in [3.8, 4) is 0 Å². The standard InChI is InChI=1S/C12H14F3NO2/c1-2-9(17)5-4-8-16-10(12(13,14)15)6-3-7-11(16)18/h3,6-7H,2,4-5,8H2,1H3. The van der Waals surface area contributed by atoms with Crippen LogP contribution in [0.1, 0.15) is 31.9 Å². The van der Waals surface area contributed by atoms with Crippen LogP contribution in [0.15, 0.2) is 23.0 Å². The van der Waals surface area contributed by atoms with E-state index in [2.05, 4.69) is 0 Å². The summed E-state index contributed by atoms with van der Waals surface area (Å²) < 4.78 is 38.6. The maximum Gasteiger partial charge on any atom is 0.431 e. The summed E-state index contributed by atoms with van der Waals surface area (Å²) >= 11 is 0. The van der Waals surface area contributed by atoms with Crippen LogP contribution >= 0.6 is 0 Å². The summed E-state index contributed by atoms with van der Waals surface area (Å²) in [5, 5.41) is 0. The van der Waals surface area contributed by atoms with Gasteiger partial charge in [-0.3, -0.25) is 9.59 Å². The molecule has 0 spiro atoms. The Balaban J connectivity index is 2.88. The number of aromatic nitrogens is 1. The number of rotatable bonds is 5.